The lowest BCUT2D eigenvalue weighted by Gasteiger charge is -2.40. The minimum absolute atomic E-state index is 0.00990. The van der Waals surface area contributed by atoms with Crippen LogP contribution in [0.5, 0.6) is 0 Å². The highest BCUT2D eigenvalue weighted by atomic mass is 16.7. The molecule has 0 radical (unpaired) electrons. The molecule has 3 N–H and O–H groups in total. The number of aliphatic hydroxyl groups excluding tert-OH is 1. The molecule has 52 heavy (non-hydrogen) atoms. The van der Waals surface area contributed by atoms with E-state index in [9.17, 15) is 9.90 Å². The summed E-state index contributed by atoms with van der Waals surface area (Å²) in [5, 5.41) is 15.5. The van der Waals surface area contributed by atoms with Gasteiger partial charge < -0.3 is 25.2 Å². The highest BCUT2D eigenvalue weighted by Gasteiger charge is 2.34. The third kappa shape index (κ3) is 9.73. The second kappa shape index (κ2) is 17.6. The molecule has 0 aromatic heterocycles. The summed E-state index contributed by atoms with van der Waals surface area (Å²) in [6.07, 6.45) is 0.155. The van der Waals surface area contributed by atoms with Crippen LogP contribution >= 0.6 is 0 Å². The SMILES string of the molecule is O=C(NCc1ccccc1)NCc1cccc(-c2ccc([C@H]3O[C@@H](CN4CCN(Cc5ccccc5)CC4)C[C@@H](c4ccc(CO)cc4)O3)cc2)c1. The fourth-order valence-electron chi connectivity index (χ4n) is 7.01. The fourth-order valence-corrected chi connectivity index (χ4v) is 7.01. The van der Waals surface area contributed by atoms with Gasteiger partial charge in [0.1, 0.15) is 0 Å². The number of hydrogen-bond donors (Lipinski definition) is 3. The van der Waals surface area contributed by atoms with E-state index in [1.807, 2.05) is 54.6 Å². The van der Waals surface area contributed by atoms with Gasteiger partial charge in [0.15, 0.2) is 6.29 Å². The predicted molar refractivity (Wildman–Crippen MR) is 204 cm³/mol. The maximum absolute atomic E-state index is 12.4. The largest absolute Gasteiger partial charge is 0.392 e. The molecule has 0 aliphatic carbocycles. The number of urea groups is 1. The topological polar surface area (TPSA) is 86.3 Å². The first kappa shape index (κ1) is 35.6. The standard InChI is InChI=1S/C44H48N4O4/c49-32-35-14-16-38(17-15-35)42-27-41(31-48-24-22-47(23-25-48)30-34-10-5-2-6-11-34)51-43(52-42)39-20-18-37(19-21-39)40-13-7-12-36(26-40)29-46-44(50)45-28-33-8-3-1-4-9-33/h1-21,26,41-43,49H,22-25,27-32H2,(H2,45,46,50)/t41-,42+,43+/m1/s1. The number of ether oxygens (including phenoxy) is 2. The zero-order valence-corrected chi connectivity index (χ0v) is 29.6. The van der Waals surface area contributed by atoms with E-state index in [2.05, 4.69) is 99.3 Å². The lowest BCUT2D eigenvalue weighted by Crippen LogP contribution is -2.49. The van der Waals surface area contributed by atoms with Crippen molar-refractivity contribution in [2.75, 3.05) is 32.7 Å². The van der Waals surface area contributed by atoms with E-state index in [-0.39, 0.29) is 24.8 Å². The fraction of sp³-hybridized carbons (Fsp3) is 0.295. The molecule has 8 heteroatoms. The second-order valence-electron chi connectivity index (χ2n) is 13.8. The van der Waals surface area contributed by atoms with Gasteiger partial charge in [-0.15, -0.1) is 0 Å². The molecule has 8 nitrogen and oxygen atoms in total. The average Bonchev–Trinajstić information content (AvgIpc) is 3.21. The lowest BCUT2D eigenvalue weighted by molar-refractivity contribution is -0.253. The Balaban J connectivity index is 0.982. The van der Waals surface area contributed by atoms with Crippen LogP contribution in [-0.2, 0) is 35.7 Å². The van der Waals surface area contributed by atoms with Crippen LogP contribution in [0.15, 0.2) is 133 Å². The molecule has 2 amide bonds. The first-order valence-electron chi connectivity index (χ1n) is 18.3. The molecule has 5 aromatic rings. The highest BCUT2D eigenvalue weighted by molar-refractivity contribution is 5.74. The maximum Gasteiger partial charge on any atom is 0.315 e. The summed E-state index contributed by atoms with van der Waals surface area (Å²) >= 11 is 0. The third-order valence-corrected chi connectivity index (χ3v) is 9.98. The van der Waals surface area contributed by atoms with E-state index in [1.54, 1.807) is 0 Å². The molecule has 3 atom stereocenters. The molecule has 5 aromatic carbocycles. The smallest absolute Gasteiger partial charge is 0.315 e. The molecular weight excluding hydrogens is 649 g/mol. The van der Waals surface area contributed by atoms with Gasteiger partial charge in [0.05, 0.1) is 18.8 Å². The van der Waals surface area contributed by atoms with Crippen molar-refractivity contribution in [1.29, 1.82) is 0 Å². The summed E-state index contributed by atoms with van der Waals surface area (Å²) in [6, 6.07) is 45.1. The van der Waals surface area contributed by atoms with Gasteiger partial charge in [-0.2, -0.15) is 0 Å². The molecule has 0 bridgehead atoms. The molecule has 0 saturated carbocycles. The Hall–Kier alpha value is -4.83. The van der Waals surface area contributed by atoms with Crippen LogP contribution in [0.25, 0.3) is 11.1 Å². The number of piperazine rings is 1. The van der Waals surface area contributed by atoms with Gasteiger partial charge in [-0.1, -0.05) is 127 Å². The molecule has 268 valence electrons. The van der Waals surface area contributed by atoms with Crippen LogP contribution in [0.1, 0.15) is 52.2 Å². The summed E-state index contributed by atoms with van der Waals surface area (Å²) in [6.45, 7) is 6.87. The Labute approximate surface area is 307 Å². The molecule has 2 aliphatic heterocycles. The van der Waals surface area contributed by atoms with Crippen LogP contribution in [0.2, 0.25) is 0 Å². The molecule has 2 aliphatic rings. The van der Waals surface area contributed by atoms with Crippen LogP contribution in [0, 0.1) is 0 Å². The third-order valence-electron chi connectivity index (χ3n) is 9.98. The Morgan fingerprint density at radius 1 is 0.615 bits per heavy atom. The average molecular weight is 697 g/mol. The molecule has 0 spiro atoms. The van der Waals surface area contributed by atoms with Gasteiger partial charge in [0.2, 0.25) is 0 Å². The number of amides is 2. The summed E-state index contributed by atoms with van der Waals surface area (Å²) < 4.78 is 13.3. The predicted octanol–water partition coefficient (Wildman–Crippen LogP) is 7.21. The van der Waals surface area contributed by atoms with Crippen LogP contribution in [0.3, 0.4) is 0 Å². The number of carbonyl (C=O) groups excluding carboxylic acids is 1. The van der Waals surface area contributed by atoms with Crippen molar-refractivity contribution in [2.45, 2.75) is 51.2 Å². The van der Waals surface area contributed by atoms with E-state index in [1.165, 1.54) is 5.56 Å². The molecule has 2 saturated heterocycles. The maximum atomic E-state index is 12.4. The summed E-state index contributed by atoms with van der Waals surface area (Å²) in [7, 11) is 0. The number of carbonyl (C=O) groups is 1. The Kier molecular flexibility index (Phi) is 12.0. The van der Waals surface area contributed by atoms with Crippen LogP contribution < -0.4 is 10.6 Å². The number of hydrogen-bond acceptors (Lipinski definition) is 6. The van der Waals surface area contributed by atoms with E-state index < -0.39 is 6.29 Å². The van der Waals surface area contributed by atoms with Crippen LogP contribution in [-0.4, -0.2) is 59.8 Å². The van der Waals surface area contributed by atoms with E-state index in [4.69, 9.17) is 9.47 Å². The number of nitrogens with zero attached hydrogens (tertiary/aromatic N) is 2. The normalized spacial score (nSPS) is 19.6. The molecular formula is C44H48N4O4. The second-order valence-corrected chi connectivity index (χ2v) is 13.8. The van der Waals surface area contributed by atoms with Crippen molar-refractivity contribution in [1.82, 2.24) is 20.4 Å². The first-order chi connectivity index (χ1) is 25.6. The van der Waals surface area contributed by atoms with Crippen molar-refractivity contribution in [3.8, 4) is 11.1 Å². The minimum atomic E-state index is -0.500. The van der Waals surface area contributed by atoms with E-state index in [0.29, 0.717) is 13.1 Å². The van der Waals surface area contributed by atoms with Crippen molar-refractivity contribution in [3.05, 3.63) is 167 Å². The summed E-state index contributed by atoms with van der Waals surface area (Å²) in [5.41, 5.74) is 8.56. The van der Waals surface area contributed by atoms with Crippen molar-refractivity contribution >= 4 is 6.03 Å². The van der Waals surface area contributed by atoms with E-state index in [0.717, 1.165) is 84.6 Å². The van der Waals surface area contributed by atoms with Crippen molar-refractivity contribution in [2.24, 2.45) is 0 Å². The summed E-state index contributed by atoms with van der Waals surface area (Å²) in [5.74, 6) is 0. The monoisotopic (exact) mass is 696 g/mol. The van der Waals surface area contributed by atoms with Gasteiger partial charge in [-0.25, -0.2) is 4.79 Å². The molecule has 0 unspecified atom stereocenters. The van der Waals surface area contributed by atoms with E-state index >= 15 is 0 Å². The van der Waals surface area contributed by atoms with Crippen LogP contribution in [0.4, 0.5) is 4.79 Å². The minimum Gasteiger partial charge on any atom is -0.392 e. The van der Waals surface area contributed by atoms with Gasteiger partial charge >= 0.3 is 6.03 Å². The zero-order chi connectivity index (χ0) is 35.5. The lowest BCUT2D eigenvalue weighted by atomic mass is 9.98. The molecule has 7 rings (SSSR count). The Bertz CT molecular complexity index is 1850. The summed E-state index contributed by atoms with van der Waals surface area (Å²) in [4.78, 5) is 17.5. The Morgan fingerprint density at radius 2 is 1.23 bits per heavy atom. The van der Waals surface area contributed by atoms with Gasteiger partial charge in [-0.3, -0.25) is 9.80 Å². The van der Waals surface area contributed by atoms with Crippen molar-refractivity contribution in [3.63, 3.8) is 0 Å². The van der Waals surface area contributed by atoms with Gasteiger partial charge in [0.25, 0.3) is 0 Å². The van der Waals surface area contributed by atoms with Gasteiger partial charge in [-0.05, 0) is 45.0 Å². The molecule has 2 fully saturated rings. The van der Waals surface area contributed by atoms with Crippen molar-refractivity contribution < 1.29 is 19.4 Å². The number of rotatable bonds is 12. The molecule has 2 heterocycles. The quantitative estimate of drug-likeness (QED) is 0.128. The first-order valence-corrected chi connectivity index (χ1v) is 18.3. The number of benzene rings is 5. The number of aliphatic hydroxyl groups is 1. The number of nitrogens with one attached hydrogen (secondary N) is 2. The zero-order valence-electron chi connectivity index (χ0n) is 29.6. The Morgan fingerprint density at radius 3 is 1.92 bits per heavy atom. The van der Waals surface area contributed by atoms with Gasteiger partial charge in [0, 0.05) is 64.3 Å². The highest BCUT2D eigenvalue weighted by Crippen LogP contribution is 2.39.